The van der Waals surface area contributed by atoms with Crippen LogP contribution in [0.1, 0.15) is 75.2 Å². The van der Waals surface area contributed by atoms with Crippen molar-refractivity contribution in [1.82, 2.24) is 0 Å². The third-order valence-corrected chi connectivity index (χ3v) is 11.1. The number of rotatable bonds is 20. The van der Waals surface area contributed by atoms with Crippen LogP contribution in [0.25, 0.3) is 11.1 Å². The molecule has 0 fully saturated rings. The van der Waals surface area contributed by atoms with Crippen LogP contribution in [0, 0.1) is 0 Å². The standard InChI is InChI=1S/C43H48O7S2/c1-3-5-7-13-27-48-29-26-32-18-24-40(44)39(30-32)43(45)38-17-12-11-16-37(38)33-19-25-41(51-36-22-20-34(21-23-36)49-28-6-4-2)42(31-33)52(46,47)50-35-14-9-8-10-15-35/h8-12,14-25,30-31,43-45H,3-7,13,26-29H2,1-2H3. The number of aromatic hydroxyl groups is 1. The number of phenolic OH excluding ortho intramolecular Hbond substituents is 1. The van der Waals surface area contributed by atoms with E-state index in [1.54, 1.807) is 60.7 Å². The van der Waals surface area contributed by atoms with Gasteiger partial charge in [0.05, 0.1) is 13.2 Å². The van der Waals surface area contributed by atoms with E-state index in [1.165, 1.54) is 24.6 Å². The van der Waals surface area contributed by atoms with Crippen molar-refractivity contribution in [2.24, 2.45) is 0 Å². The van der Waals surface area contributed by atoms with E-state index in [0.717, 1.165) is 41.9 Å². The molecule has 5 rings (SSSR count). The van der Waals surface area contributed by atoms with Crippen LogP contribution in [0.2, 0.25) is 0 Å². The molecule has 0 saturated heterocycles. The number of aliphatic hydroxyl groups excluding tert-OH is 1. The third kappa shape index (κ3) is 10.9. The molecule has 0 heterocycles. The lowest BCUT2D eigenvalue weighted by molar-refractivity contribution is 0.133. The molecule has 0 aromatic heterocycles. The van der Waals surface area contributed by atoms with Gasteiger partial charge in [-0.3, -0.25) is 0 Å². The van der Waals surface area contributed by atoms with Crippen LogP contribution in [0.15, 0.2) is 130 Å². The Bertz CT molecular complexity index is 1960. The summed E-state index contributed by atoms with van der Waals surface area (Å²) in [4.78, 5) is 1.31. The average Bonchev–Trinajstić information content (AvgIpc) is 3.16. The van der Waals surface area contributed by atoms with E-state index >= 15 is 0 Å². The Balaban J connectivity index is 1.44. The van der Waals surface area contributed by atoms with Crippen LogP contribution in [0.5, 0.6) is 17.2 Å². The van der Waals surface area contributed by atoms with Crippen molar-refractivity contribution in [2.75, 3.05) is 19.8 Å². The van der Waals surface area contributed by atoms with E-state index in [2.05, 4.69) is 13.8 Å². The zero-order valence-corrected chi connectivity index (χ0v) is 31.5. The van der Waals surface area contributed by atoms with Crippen LogP contribution < -0.4 is 8.92 Å². The van der Waals surface area contributed by atoms with Gasteiger partial charge in [0.1, 0.15) is 28.2 Å². The van der Waals surface area contributed by atoms with Crippen LogP contribution in [0.3, 0.4) is 0 Å². The highest BCUT2D eigenvalue weighted by molar-refractivity contribution is 8.00. The van der Waals surface area contributed by atoms with Crippen molar-refractivity contribution in [1.29, 1.82) is 0 Å². The zero-order chi connectivity index (χ0) is 36.8. The Labute approximate surface area is 312 Å². The van der Waals surface area contributed by atoms with Gasteiger partial charge in [0.2, 0.25) is 0 Å². The molecule has 5 aromatic rings. The minimum atomic E-state index is -4.29. The fraction of sp³-hybridized carbons (Fsp3) is 0.302. The van der Waals surface area contributed by atoms with Crippen molar-refractivity contribution >= 4 is 21.9 Å². The van der Waals surface area contributed by atoms with E-state index in [0.29, 0.717) is 53.4 Å². The summed E-state index contributed by atoms with van der Waals surface area (Å²) in [6.45, 7) is 6.20. The van der Waals surface area contributed by atoms with E-state index in [4.69, 9.17) is 13.7 Å². The molecule has 52 heavy (non-hydrogen) atoms. The molecule has 9 heteroatoms. The van der Waals surface area contributed by atoms with E-state index in [9.17, 15) is 18.6 Å². The second kappa shape index (κ2) is 19.5. The quantitative estimate of drug-likeness (QED) is 0.0601. The van der Waals surface area contributed by atoms with Gasteiger partial charge in [-0.1, -0.05) is 106 Å². The van der Waals surface area contributed by atoms with Crippen molar-refractivity contribution in [2.45, 2.75) is 79.6 Å². The van der Waals surface area contributed by atoms with Gasteiger partial charge in [-0.25, -0.2) is 0 Å². The largest absolute Gasteiger partial charge is 0.508 e. The predicted octanol–water partition coefficient (Wildman–Crippen LogP) is 10.4. The lowest BCUT2D eigenvalue weighted by Crippen LogP contribution is -2.11. The van der Waals surface area contributed by atoms with Crippen molar-refractivity contribution in [3.05, 3.63) is 132 Å². The van der Waals surface area contributed by atoms with Gasteiger partial charge in [-0.15, -0.1) is 0 Å². The molecular formula is C43H48O7S2. The summed E-state index contributed by atoms with van der Waals surface area (Å²) in [7, 11) is -4.29. The Morgan fingerprint density at radius 1 is 0.692 bits per heavy atom. The highest BCUT2D eigenvalue weighted by atomic mass is 32.2. The van der Waals surface area contributed by atoms with Crippen molar-refractivity contribution in [3.63, 3.8) is 0 Å². The molecule has 274 valence electrons. The van der Waals surface area contributed by atoms with Gasteiger partial charge in [-0.05, 0) is 102 Å². The number of ether oxygens (including phenoxy) is 2. The number of aliphatic hydroxyl groups is 1. The Morgan fingerprint density at radius 3 is 2.21 bits per heavy atom. The maximum atomic E-state index is 13.9. The highest BCUT2D eigenvalue weighted by Crippen LogP contribution is 2.40. The highest BCUT2D eigenvalue weighted by Gasteiger charge is 2.25. The van der Waals surface area contributed by atoms with Gasteiger partial charge in [0.15, 0.2) is 0 Å². The maximum absolute atomic E-state index is 13.9. The fourth-order valence-corrected chi connectivity index (χ4v) is 8.03. The molecule has 7 nitrogen and oxygen atoms in total. The lowest BCUT2D eigenvalue weighted by atomic mass is 9.91. The van der Waals surface area contributed by atoms with Crippen LogP contribution in [-0.4, -0.2) is 38.5 Å². The first-order chi connectivity index (χ1) is 25.3. The monoisotopic (exact) mass is 740 g/mol. The first-order valence-electron chi connectivity index (χ1n) is 18.0. The topological polar surface area (TPSA) is 102 Å². The first-order valence-corrected chi connectivity index (χ1v) is 20.2. The molecule has 5 aromatic carbocycles. The molecule has 1 atom stereocenters. The van der Waals surface area contributed by atoms with E-state index in [1.807, 2.05) is 54.6 Å². The minimum Gasteiger partial charge on any atom is -0.508 e. The van der Waals surface area contributed by atoms with Crippen molar-refractivity contribution in [3.8, 4) is 28.4 Å². The van der Waals surface area contributed by atoms with Crippen molar-refractivity contribution < 1.29 is 32.3 Å². The summed E-state index contributed by atoms with van der Waals surface area (Å²) < 4.78 is 45.1. The van der Waals surface area contributed by atoms with E-state index in [-0.39, 0.29) is 16.4 Å². The Kier molecular flexibility index (Phi) is 14.6. The molecule has 0 aliphatic carbocycles. The molecule has 0 saturated carbocycles. The SMILES string of the molecule is CCCCCCOCCc1ccc(O)c(C(O)c2ccccc2-c2ccc(Sc3ccc(OCCCC)cc3)c(S(=O)(=O)Oc3ccccc3)c2)c1. The maximum Gasteiger partial charge on any atom is 0.340 e. The van der Waals surface area contributed by atoms with Gasteiger partial charge in [-0.2, -0.15) is 8.42 Å². The third-order valence-electron chi connectivity index (χ3n) is 8.61. The van der Waals surface area contributed by atoms with Gasteiger partial charge < -0.3 is 23.9 Å². The zero-order valence-electron chi connectivity index (χ0n) is 29.9. The second-order valence-electron chi connectivity index (χ2n) is 12.6. The molecule has 1 unspecified atom stereocenters. The summed E-state index contributed by atoms with van der Waals surface area (Å²) in [6.07, 6.45) is 6.05. The van der Waals surface area contributed by atoms with Crippen LogP contribution in [-0.2, 0) is 21.3 Å². The molecule has 0 bridgehead atoms. The molecule has 2 N–H and O–H groups in total. The second-order valence-corrected chi connectivity index (χ2v) is 15.2. The fourth-order valence-electron chi connectivity index (χ4n) is 5.74. The van der Waals surface area contributed by atoms with Crippen LogP contribution >= 0.6 is 11.8 Å². The smallest absolute Gasteiger partial charge is 0.340 e. The Morgan fingerprint density at radius 2 is 1.44 bits per heavy atom. The van der Waals surface area contributed by atoms with Crippen LogP contribution in [0.4, 0.5) is 0 Å². The van der Waals surface area contributed by atoms with Gasteiger partial charge >= 0.3 is 10.1 Å². The molecule has 0 aliphatic heterocycles. The number of unbranched alkanes of at least 4 members (excludes halogenated alkanes) is 4. The number of hydrogen-bond acceptors (Lipinski definition) is 8. The predicted molar refractivity (Wildman–Crippen MR) is 208 cm³/mol. The van der Waals surface area contributed by atoms with Gasteiger partial charge in [0.25, 0.3) is 0 Å². The lowest BCUT2D eigenvalue weighted by Gasteiger charge is -2.19. The number of para-hydroxylation sites is 1. The summed E-state index contributed by atoms with van der Waals surface area (Å²) >= 11 is 1.31. The Hall–Kier alpha value is -4.28. The minimum absolute atomic E-state index is 0.00837. The molecule has 0 spiro atoms. The molecule has 0 amide bonds. The number of phenols is 1. The normalized spacial score (nSPS) is 12.1. The first kappa shape index (κ1) is 38.9. The molecule has 0 radical (unpaired) electrons. The van der Waals surface area contributed by atoms with Gasteiger partial charge in [0, 0.05) is 22.0 Å². The summed E-state index contributed by atoms with van der Waals surface area (Å²) in [5, 5.41) is 22.6. The molecular weight excluding hydrogens is 693 g/mol. The number of hydrogen-bond donors (Lipinski definition) is 2. The summed E-state index contributed by atoms with van der Waals surface area (Å²) in [5.41, 5.74) is 3.01. The molecule has 0 aliphatic rings. The summed E-state index contributed by atoms with van der Waals surface area (Å²) in [6, 6.07) is 33.7. The summed E-state index contributed by atoms with van der Waals surface area (Å²) in [5.74, 6) is 0.927. The number of benzene rings is 5. The average molecular weight is 741 g/mol. The van der Waals surface area contributed by atoms with E-state index < -0.39 is 16.2 Å².